The standard InChI is InChI=1S/C14H9ClFNO/c15-12-6-1-2-7-13(12)18-9-11-5-3-4-10(8-17)14(11)16/h1-7H,9H2. The molecule has 0 atom stereocenters. The molecule has 0 aliphatic carbocycles. The van der Waals surface area contributed by atoms with E-state index in [0.717, 1.165) is 0 Å². The van der Waals surface area contributed by atoms with Gasteiger partial charge in [0.2, 0.25) is 0 Å². The minimum Gasteiger partial charge on any atom is -0.487 e. The molecule has 0 saturated carbocycles. The maximum atomic E-state index is 13.7. The molecule has 0 unspecified atom stereocenters. The van der Waals surface area contributed by atoms with Crippen molar-refractivity contribution < 1.29 is 9.13 Å². The summed E-state index contributed by atoms with van der Waals surface area (Å²) in [5.41, 5.74) is 0.337. The number of ether oxygens (including phenoxy) is 1. The minimum absolute atomic E-state index is 0.00950. The predicted molar refractivity (Wildman–Crippen MR) is 66.9 cm³/mol. The van der Waals surface area contributed by atoms with Crippen molar-refractivity contribution in [2.24, 2.45) is 0 Å². The summed E-state index contributed by atoms with van der Waals surface area (Å²) in [5, 5.41) is 9.19. The molecule has 0 saturated heterocycles. The topological polar surface area (TPSA) is 33.0 Å². The lowest BCUT2D eigenvalue weighted by molar-refractivity contribution is 0.300. The van der Waals surface area contributed by atoms with Crippen molar-refractivity contribution in [2.45, 2.75) is 6.61 Å². The van der Waals surface area contributed by atoms with E-state index in [0.29, 0.717) is 16.3 Å². The van der Waals surface area contributed by atoms with Gasteiger partial charge in [0.1, 0.15) is 24.2 Å². The third kappa shape index (κ3) is 2.61. The van der Waals surface area contributed by atoms with Crippen LogP contribution in [0.4, 0.5) is 4.39 Å². The van der Waals surface area contributed by atoms with Crippen LogP contribution in [-0.2, 0) is 6.61 Å². The second-order valence-electron chi connectivity index (χ2n) is 3.61. The average molecular weight is 262 g/mol. The van der Waals surface area contributed by atoms with Gasteiger partial charge in [-0.05, 0) is 18.2 Å². The highest BCUT2D eigenvalue weighted by Gasteiger charge is 2.08. The Morgan fingerprint density at radius 1 is 1.17 bits per heavy atom. The van der Waals surface area contributed by atoms with E-state index in [4.69, 9.17) is 21.6 Å². The van der Waals surface area contributed by atoms with Crippen LogP contribution in [0.15, 0.2) is 42.5 Å². The first-order valence-corrected chi connectivity index (χ1v) is 5.65. The van der Waals surface area contributed by atoms with Crippen LogP contribution < -0.4 is 4.74 Å². The van der Waals surface area contributed by atoms with Crippen LogP contribution in [0.2, 0.25) is 5.02 Å². The Labute approximate surface area is 109 Å². The van der Waals surface area contributed by atoms with Crippen LogP contribution >= 0.6 is 11.6 Å². The van der Waals surface area contributed by atoms with Crippen LogP contribution in [-0.4, -0.2) is 0 Å². The van der Waals surface area contributed by atoms with Gasteiger partial charge < -0.3 is 4.74 Å². The van der Waals surface area contributed by atoms with Crippen molar-refractivity contribution in [3.05, 3.63) is 64.4 Å². The zero-order chi connectivity index (χ0) is 13.0. The molecule has 0 bridgehead atoms. The highest BCUT2D eigenvalue weighted by molar-refractivity contribution is 6.32. The van der Waals surface area contributed by atoms with E-state index >= 15 is 0 Å². The Morgan fingerprint density at radius 2 is 1.94 bits per heavy atom. The molecule has 0 heterocycles. The van der Waals surface area contributed by atoms with Crippen LogP contribution in [0, 0.1) is 17.1 Å². The number of para-hydroxylation sites is 1. The van der Waals surface area contributed by atoms with Gasteiger partial charge >= 0.3 is 0 Å². The van der Waals surface area contributed by atoms with Gasteiger partial charge in [-0.3, -0.25) is 0 Å². The smallest absolute Gasteiger partial charge is 0.147 e. The summed E-state index contributed by atoms with van der Waals surface area (Å²) in [6.45, 7) is 0.0328. The van der Waals surface area contributed by atoms with Crippen molar-refractivity contribution in [2.75, 3.05) is 0 Å². The summed E-state index contributed by atoms with van der Waals surface area (Å²) in [4.78, 5) is 0. The van der Waals surface area contributed by atoms with E-state index in [-0.39, 0.29) is 12.2 Å². The first kappa shape index (κ1) is 12.4. The van der Waals surface area contributed by atoms with Crippen molar-refractivity contribution >= 4 is 11.6 Å². The lowest BCUT2D eigenvalue weighted by Crippen LogP contribution is -2.00. The summed E-state index contributed by atoms with van der Waals surface area (Å²) in [6, 6.07) is 13.4. The third-order valence-corrected chi connectivity index (χ3v) is 2.73. The van der Waals surface area contributed by atoms with Crippen LogP contribution in [0.3, 0.4) is 0 Å². The van der Waals surface area contributed by atoms with E-state index in [2.05, 4.69) is 0 Å². The molecule has 2 nitrogen and oxygen atoms in total. The number of benzene rings is 2. The Hall–Kier alpha value is -2.05. The zero-order valence-electron chi connectivity index (χ0n) is 9.36. The Balaban J connectivity index is 2.17. The highest BCUT2D eigenvalue weighted by Crippen LogP contribution is 2.24. The van der Waals surface area contributed by atoms with Gasteiger partial charge in [0.25, 0.3) is 0 Å². The molecule has 18 heavy (non-hydrogen) atoms. The number of hydrogen-bond donors (Lipinski definition) is 0. The van der Waals surface area contributed by atoms with Crippen LogP contribution in [0.5, 0.6) is 5.75 Å². The summed E-state index contributed by atoms with van der Waals surface area (Å²) < 4.78 is 19.2. The normalized spacial score (nSPS) is 9.83. The Bertz CT molecular complexity index is 607. The molecular weight excluding hydrogens is 253 g/mol. The Morgan fingerprint density at radius 3 is 2.67 bits per heavy atom. The quantitative estimate of drug-likeness (QED) is 0.839. The molecular formula is C14H9ClFNO. The highest BCUT2D eigenvalue weighted by atomic mass is 35.5. The lowest BCUT2D eigenvalue weighted by atomic mass is 10.1. The molecule has 0 aliphatic heterocycles. The number of hydrogen-bond acceptors (Lipinski definition) is 2. The molecule has 0 radical (unpaired) electrons. The maximum absolute atomic E-state index is 13.7. The predicted octanol–water partition coefficient (Wildman–Crippen LogP) is 3.93. The third-order valence-electron chi connectivity index (χ3n) is 2.42. The molecule has 2 rings (SSSR count). The van der Waals surface area contributed by atoms with Crippen molar-refractivity contribution in [3.8, 4) is 11.8 Å². The monoisotopic (exact) mass is 261 g/mol. The zero-order valence-corrected chi connectivity index (χ0v) is 10.1. The Kier molecular flexibility index (Phi) is 3.81. The van der Waals surface area contributed by atoms with Crippen molar-refractivity contribution in [3.63, 3.8) is 0 Å². The largest absolute Gasteiger partial charge is 0.487 e. The molecule has 0 amide bonds. The number of halogens is 2. The lowest BCUT2D eigenvalue weighted by Gasteiger charge is -2.08. The first-order chi connectivity index (χ1) is 8.72. The molecule has 0 aromatic heterocycles. The van der Waals surface area contributed by atoms with E-state index in [1.54, 1.807) is 42.5 Å². The maximum Gasteiger partial charge on any atom is 0.147 e. The van der Waals surface area contributed by atoms with E-state index in [9.17, 15) is 4.39 Å². The summed E-state index contributed by atoms with van der Waals surface area (Å²) in [7, 11) is 0. The molecule has 0 aliphatic rings. The van der Waals surface area contributed by atoms with Gasteiger partial charge in [-0.25, -0.2) is 4.39 Å². The van der Waals surface area contributed by atoms with Crippen molar-refractivity contribution in [1.29, 1.82) is 5.26 Å². The van der Waals surface area contributed by atoms with Gasteiger partial charge in [-0.15, -0.1) is 0 Å². The summed E-state index contributed by atoms with van der Waals surface area (Å²) in [5.74, 6) is -0.0621. The first-order valence-electron chi connectivity index (χ1n) is 5.27. The molecule has 0 fully saturated rings. The van der Waals surface area contributed by atoms with Crippen molar-refractivity contribution in [1.82, 2.24) is 0 Å². The fourth-order valence-corrected chi connectivity index (χ4v) is 1.69. The number of nitrogens with zero attached hydrogens (tertiary/aromatic N) is 1. The summed E-state index contributed by atoms with van der Waals surface area (Å²) >= 11 is 5.92. The summed E-state index contributed by atoms with van der Waals surface area (Å²) in [6.07, 6.45) is 0. The molecule has 90 valence electrons. The second kappa shape index (κ2) is 5.52. The van der Waals surface area contributed by atoms with Gasteiger partial charge in [0.05, 0.1) is 10.6 Å². The average Bonchev–Trinajstić information content (AvgIpc) is 2.39. The molecule has 0 N–H and O–H groups in total. The van der Waals surface area contributed by atoms with Crippen LogP contribution in [0.1, 0.15) is 11.1 Å². The van der Waals surface area contributed by atoms with Gasteiger partial charge in [-0.1, -0.05) is 35.9 Å². The van der Waals surface area contributed by atoms with E-state index in [1.807, 2.05) is 0 Å². The molecule has 0 spiro atoms. The van der Waals surface area contributed by atoms with E-state index < -0.39 is 5.82 Å². The van der Waals surface area contributed by atoms with Gasteiger partial charge in [-0.2, -0.15) is 5.26 Å². The molecule has 4 heteroatoms. The fraction of sp³-hybridized carbons (Fsp3) is 0.0714. The van der Waals surface area contributed by atoms with Gasteiger partial charge in [0.15, 0.2) is 0 Å². The van der Waals surface area contributed by atoms with Crippen LogP contribution in [0.25, 0.3) is 0 Å². The van der Waals surface area contributed by atoms with Gasteiger partial charge in [0, 0.05) is 5.56 Å². The van der Waals surface area contributed by atoms with E-state index in [1.165, 1.54) is 6.07 Å². The fourth-order valence-electron chi connectivity index (χ4n) is 1.49. The molecule has 2 aromatic carbocycles. The SMILES string of the molecule is N#Cc1cccc(COc2ccccc2Cl)c1F. The minimum atomic E-state index is -0.549. The number of rotatable bonds is 3. The second-order valence-corrected chi connectivity index (χ2v) is 4.02. The number of nitriles is 1. The molecule has 2 aromatic rings.